The maximum atomic E-state index is 14.2. The molecule has 27 heavy (non-hydrogen) atoms. The number of hydrogen-bond acceptors (Lipinski definition) is 4. The van der Waals surface area contributed by atoms with Gasteiger partial charge in [-0.1, -0.05) is 47.9 Å². The van der Waals surface area contributed by atoms with E-state index in [1.54, 1.807) is 6.07 Å². The minimum absolute atomic E-state index is 0.187. The summed E-state index contributed by atoms with van der Waals surface area (Å²) in [6.07, 6.45) is 1.15. The van der Waals surface area contributed by atoms with E-state index in [1.165, 1.54) is 22.6 Å². The van der Waals surface area contributed by atoms with Crippen molar-refractivity contribution in [3.05, 3.63) is 64.8 Å². The molecule has 0 saturated carbocycles. The Morgan fingerprint density at radius 3 is 2.74 bits per heavy atom. The van der Waals surface area contributed by atoms with Crippen LogP contribution >= 0.6 is 11.6 Å². The van der Waals surface area contributed by atoms with Gasteiger partial charge in [0.05, 0.1) is 11.6 Å². The normalized spacial score (nSPS) is 16.9. The lowest BCUT2D eigenvalue weighted by Gasteiger charge is -2.16. The first kappa shape index (κ1) is 17.7. The fourth-order valence-corrected chi connectivity index (χ4v) is 3.37. The van der Waals surface area contributed by atoms with E-state index in [-0.39, 0.29) is 35.5 Å². The monoisotopic (exact) mass is 385 g/mol. The molecule has 0 aliphatic carbocycles. The van der Waals surface area contributed by atoms with Crippen molar-refractivity contribution in [1.82, 2.24) is 10.1 Å². The second kappa shape index (κ2) is 7.12. The largest absolute Gasteiger partial charge is 0.339 e. The van der Waals surface area contributed by atoms with E-state index in [1.807, 2.05) is 24.3 Å². The topological polar surface area (TPSA) is 59.2 Å². The van der Waals surface area contributed by atoms with E-state index in [9.17, 15) is 9.18 Å². The van der Waals surface area contributed by atoms with Gasteiger partial charge >= 0.3 is 0 Å². The number of rotatable bonds is 4. The molecule has 3 aromatic rings. The molecule has 0 radical (unpaired) electrons. The van der Waals surface area contributed by atoms with Crippen LogP contribution in [-0.4, -0.2) is 22.6 Å². The SMILES string of the molecule is CCc1ccc(-c2noc(C3CC(=O)N(c4ccc(Cl)cc4F)C3)n2)cc1. The zero-order chi connectivity index (χ0) is 19.0. The second-order valence-corrected chi connectivity index (χ2v) is 6.94. The lowest BCUT2D eigenvalue weighted by atomic mass is 10.1. The third kappa shape index (κ3) is 3.45. The summed E-state index contributed by atoms with van der Waals surface area (Å²) in [4.78, 5) is 18.2. The lowest BCUT2D eigenvalue weighted by molar-refractivity contribution is -0.117. The van der Waals surface area contributed by atoms with Crippen LogP contribution in [0.2, 0.25) is 5.02 Å². The number of anilines is 1. The zero-order valence-corrected chi connectivity index (χ0v) is 15.4. The molecule has 2 aromatic carbocycles. The molecule has 0 N–H and O–H groups in total. The van der Waals surface area contributed by atoms with Crippen LogP contribution in [0.25, 0.3) is 11.4 Å². The maximum absolute atomic E-state index is 14.2. The molecule has 1 aliphatic heterocycles. The standard InChI is InChI=1S/C20H17ClFN3O2/c1-2-12-3-5-13(6-4-12)19-23-20(27-24-19)14-9-18(26)25(11-14)17-8-7-15(21)10-16(17)22/h3-8,10,14H,2,9,11H2,1H3. The van der Waals surface area contributed by atoms with Crippen LogP contribution in [0.4, 0.5) is 10.1 Å². The van der Waals surface area contributed by atoms with Crippen LogP contribution in [0.5, 0.6) is 0 Å². The molecule has 138 valence electrons. The molecule has 1 unspecified atom stereocenters. The molecular formula is C20H17ClFN3O2. The summed E-state index contributed by atoms with van der Waals surface area (Å²) in [6.45, 7) is 2.38. The molecular weight excluding hydrogens is 369 g/mol. The number of carbonyl (C=O) groups excluding carboxylic acids is 1. The van der Waals surface area contributed by atoms with Crippen molar-refractivity contribution < 1.29 is 13.7 Å². The lowest BCUT2D eigenvalue weighted by Crippen LogP contribution is -2.25. The summed E-state index contributed by atoms with van der Waals surface area (Å²) in [5, 5.41) is 4.32. The Hall–Kier alpha value is -2.73. The number of nitrogens with zero attached hydrogens (tertiary/aromatic N) is 3. The Balaban J connectivity index is 1.54. The molecule has 2 heterocycles. The molecule has 5 nitrogen and oxygen atoms in total. The summed E-state index contributed by atoms with van der Waals surface area (Å²) in [5.41, 5.74) is 2.29. The summed E-state index contributed by atoms with van der Waals surface area (Å²) < 4.78 is 19.5. The van der Waals surface area contributed by atoms with Gasteiger partial charge in [0.15, 0.2) is 0 Å². The molecule has 7 heteroatoms. The number of hydrogen-bond donors (Lipinski definition) is 0. The van der Waals surface area contributed by atoms with Gasteiger partial charge in [-0.2, -0.15) is 4.98 Å². The molecule has 0 bridgehead atoms. The number of carbonyl (C=O) groups is 1. The van der Waals surface area contributed by atoms with Crippen LogP contribution < -0.4 is 4.90 Å². The summed E-state index contributed by atoms with van der Waals surface area (Å²) in [7, 11) is 0. The van der Waals surface area contributed by atoms with Gasteiger partial charge in [0, 0.05) is 23.6 Å². The van der Waals surface area contributed by atoms with Crippen molar-refractivity contribution in [2.45, 2.75) is 25.7 Å². The first-order valence-corrected chi connectivity index (χ1v) is 9.11. The van der Waals surface area contributed by atoms with Gasteiger partial charge in [0.2, 0.25) is 17.6 Å². The van der Waals surface area contributed by atoms with Gasteiger partial charge in [-0.05, 0) is 30.2 Å². The molecule has 4 rings (SSSR count). The zero-order valence-electron chi connectivity index (χ0n) is 14.7. The second-order valence-electron chi connectivity index (χ2n) is 6.51. The number of aryl methyl sites for hydroxylation is 1. The highest BCUT2D eigenvalue weighted by molar-refractivity contribution is 6.30. The van der Waals surface area contributed by atoms with Gasteiger partial charge in [-0.3, -0.25) is 4.79 Å². The number of amides is 1. The summed E-state index contributed by atoms with van der Waals surface area (Å²) in [6, 6.07) is 12.2. The van der Waals surface area contributed by atoms with Crippen molar-refractivity contribution in [3.8, 4) is 11.4 Å². The van der Waals surface area contributed by atoms with Crippen LogP contribution in [0.1, 0.15) is 30.7 Å². The Morgan fingerprint density at radius 1 is 1.26 bits per heavy atom. The first-order valence-electron chi connectivity index (χ1n) is 8.73. The fourth-order valence-electron chi connectivity index (χ4n) is 3.21. The van der Waals surface area contributed by atoms with Gasteiger partial charge < -0.3 is 9.42 Å². The Labute approximate surface area is 160 Å². The van der Waals surface area contributed by atoms with Crippen molar-refractivity contribution >= 4 is 23.2 Å². The molecule has 1 aromatic heterocycles. The van der Waals surface area contributed by atoms with Crippen LogP contribution in [0.15, 0.2) is 47.0 Å². The van der Waals surface area contributed by atoms with E-state index in [0.29, 0.717) is 11.7 Å². The van der Waals surface area contributed by atoms with E-state index in [2.05, 4.69) is 17.1 Å². The third-order valence-corrected chi connectivity index (χ3v) is 4.97. The fraction of sp³-hybridized carbons (Fsp3) is 0.250. The Bertz CT molecular complexity index is 987. The number of halogens is 2. The smallest absolute Gasteiger partial charge is 0.232 e. The Kier molecular flexibility index (Phi) is 4.66. The molecule has 1 aliphatic rings. The molecule has 1 saturated heterocycles. The minimum atomic E-state index is -0.529. The molecule has 0 spiro atoms. The average Bonchev–Trinajstić information content (AvgIpc) is 3.29. The predicted octanol–water partition coefficient (Wildman–Crippen LogP) is 4.61. The third-order valence-electron chi connectivity index (χ3n) is 4.74. The van der Waals surface area contributed by atoms with Crippen molar-refractivity contribution in [2.75, 3.05) is 11.4 Å². The quantitative estimate of drug-likeness (QED) is 0.658. The van der Waals surface area contributed by atoms with Gasteiger partial charge in [-0.25, -0.2) is 4.39 Å². The first-order chi connectivity index (χ1) is 13.0. The summed E-state index contributed by atoms with van der Waals surface area (Å²) >= 11 is 5.79. The molecule has 1 fully saturated rings. The predicted molar refractivity (Wildman–Crippen MR) is 100 cm³/mol. The number of aromatic nitrogens is 2. The maximum Gasteiger partial charge on any atom is 0.232 e. The number of benzene rings is 2. The van der Waals surface area contributed by atoms with Crippen LogP contribution in [0.3, 0.4) is 0 Å². The van der Waals surface area contributed by atoms with Gasteiger partial charge in [-0.15, -0.1) is 0 Å². The minimum Gasteiger partial charge on any atom is -0.339 e. The van der Waals surface area contributed by atoms with E-state index >= 15 is 0 Å². The highest BCUT2D eigenvalue weighted by Gasteiger charge is 2.36. The van der Waals surface area contributed by atoms with Crippen molar-refractivity contribution in [1.29, 1.82) is 0 Å². The summed E-state index contributed by atoms with van der Waals surface area (Å²) in [5.74, 6) is -0.123. The van der Waals surface area contributed by atoms with E-state index in [4.69, 9.17) is 16.1 Å². The molecule has 1 amide bonds. The van der Waals surface area contributed by atoms with E-state index < -0.39 is 5.82 Å². The average molecular weight is 386 g/mol. The highest BCUT2D eigenvalue weighted by atomic mass is 35.5. The van der Waals surface area contributed by atoms with Gasteiger partial charge in [0.1, 0.15) is 5.82 Å². The highest BCUT2D eigenvalue weighted by Crippen LogP contribution is 2.34. The van der Waals surface area contributed by atoms with Crippen molar-refractivity contribution in [2.24, 2.45) is 0 Å². The van der Waals surface area contributed by atoms with Crippen LogP contribution in [-0.2, 0) is 11.2 Å². The Morgan fingerprint density at radius 2 is 2.04 bits per heavy atom. The van der Waals surface area contributed by atoms with Crippen LogP contribution in [0, 0.1) is 5.82 Å². The molecule has 1 atom stereocenters. The van der Waals surface area contributed by atoms with E-state index in [0.717, 1.165) is 12.0 Å². The van der Waals surface area contributed by atoms with Crippen molar-refractivity contribution in [3.63, 3.8) is 0 Å². The van der Waals surface area contributed by atoms with Gasteiger partial charge in [0.25, 0.3) is 0 Å².